The van der Waals surface area contributed by atoms with Gasteiger partial charge in [-0.15, -0.1) is 0 Å². The number of benzene rings is 1. The highest BCUT2D eigenvalue weighted by atomic mass is 35.5. The second kappa shape index (κ2) is 5.55. The van der Waals surface area contributed by atoms with Gasteiger partial charge in [-0.1, -0.05) is 23.2 Å². The van der Waals surface area contributed by atoms with Gasteiger partial charge in [0.15, 0.2) is 0 Å². The summed E-state index contributed by atoms with van der Waals surface area (Å²) in [5, 5.41) is 0.999. The molecule has 1 aliphatic carbocycles. The van der Waals surface area contributed by atoms with Gasteiger partial charge in [-0.25, -0.2) is 0 Å². The quantitative estimate of drug-likeness (QED) is 0.865. The number of hydrogen-bond donors (Lipinski definition) is 1. The fourth-order valence-electron chi connectivity index (χ4n) is 3.49. The average molecular weight is 313 g/mol. The second-order valence-corrected chi connectivity index (χ2v) is 6.83. The van der Waals surface area contributed by atoms with Crippen molar-refractivity contribution in [2.75, 3.05) is 13.1 Å². The van der Waals surface area contributed by atoms with Gasteiger partial charge in [0.1, 0.15) is 0 Å². The van der Waals surface area contributed by atoms with Crippen molar-refractivity contribution in [2.24, 2.45) is 17.6 Å². The van der Waals surface area contributed by atoms with Crippen LogP contribution in [0.25, 0.3) is 0 Å². The highest BCUT2D eigenvalue weighted by molar-refractivity contribution is 6.35. The lowest BCUT2D eigenvalue weighted by atomic mass is 9.79. The van der Waals surface area contributed by atoms with E-state index in [4.69, 9.17) is 28.9 Å². The molecule has 3 rings (SSSR count). The Hall–Kier alpha value is -0.770. The molecule has 0 aromatic heterocycles. The Balaban J connectivity index is 1.75. The van der Waals surface area contributed by atoms with E-state index in [0.717, 1.165) is 32.4 Å². The molecule has 1 heterocycles. The Kier molecular flexibility index (Phi) is 3.93. The summed E-state index contributed by atoms with van der Waals surface area (Å²) in [5.74, 6) is 1.18. The van der Waals surface area contributed by atoms with Crippen LogP contribution in [0.15, 0.2) is 18.2 Å². The lowest BCUT2D eigenvalue weighted by Gasteiger charge is -2.27. The van der Waals surface area contributed by atoms with Gasteiger partial charge in [-0.3, -0.25) is 4.79 Å². The first-order valence-corrected chi connectivity index (χ1v) is 7.79. The minimum atomic E-state index is 0.0253. The van der Waals surface area contributed by atoms with Gasteiger partial charge in [-0.2, -0.15) is 0 Å². The van der Waals surface area contributed by atoms with E-state index in [9.17, 15) is 4.79 Å². The van der Waals surface area contributed by atoms with Gasteiger partial charge >= 0.3 is 0 Å². The van der Waals surface area contributed by atoms with E-state index in [-0.39, 0.29) is 5.91 Å². The number of carbonyl (C=O) groups is 1. The Morgan fingerprint density at radius 3 is 2.45 bits per heavy atom. The molecule has 0 radical (unpaired) electrons. The smallest absolute Gasteiger partial charge is 0.253 e. The molecule has 0 spiro atoms. The molecule has 3 atom stereocenters. The number of amides is 1. The van der Waals surface area contributed by atoms with Gasteiger partial charge in [0, 0.05) is 34.7 Å². The van der Waals surface area contributed by atoms with Crippen LogP contribution < -0.4 is 5.73 Å². The number of carbonyl (C=O) groups excluding carboxylic acids is 1. The van der Waals surface area contributed by atoms with Crippen LogP contribution in [0.3, 0.4) is 0 Å². The number of nitrogens with zero attached hydrogens (tertiary/aromatic N) is 1. The first-order valence-electron chi connectivity index (χ1n) is 7.04. The Morgan fingerprint density at radius 2 is 1.75 bits per heavy atom. The Bertz CT molecular complexity index is 514. The van der Waals surface area contributed by atoms with Crippen LogP contribution in [0.2, 0.25) is 10.0 Å². The number of likely N-dealkylation sites (tertiary alicyclic amines) is 1. The normalized spacial score (nSPS) is 29.4. The van der Waals surface area contributed by atoms with Crippen molar-refractivity contribution >= 4 is 29.1 Å². The fourth-order valence-corrected chi connectivity index (χ4v) is 4.02. The maximum absolute atomic E-state index is 12.6. The van der Waals surface area contributed by atoms with Gasteiger partial charge in [-0.05, 0) is 49.3 Å². The SMILES string of the molecule is NC1CC[C@@H]2CN(C(=O)c3cc(Cl)cc(Cl)c3)C[C@@H]2C1. The zero-order valence-corrected chi connectivity index (χ0v) is 12.7. The number of rotatable bonds is 1. The van der Waals surface area contributed by atoms with Crippen LogP contribution in [0.1, 0.15) is 29.6 Å². The maximum Gasteiger partial charge on any atom is 0.253 e. The first-order chi connectivity index (χ1) is 9.52. The summed E-state index contributed by atoms with van der Waals surface area (Å²) < 4.78 is 0. The van der Waals surface area contributed by atoms with E-state index in [1.54, 1.807) is 18.2 Å². The molecule has 2 fully saturated rings. The summed E-state index contributed by atoms with van der Waals surface area (Å²) in [4.78, 5) is 14.5. The minimum Gasteiger partial charge on any atom is -0.338 e. The van der Waals surface area contributed by atoms with Crippen molar-refractivity contribution < 1.29 is 4.79 Å². The van der Waals surface area contributed by atoms with E-state index in [1.807, 2.05) is 4.90 Å². The molecule has 1 aromatic carbocycles. The van der Waals surface area contributed by atoms with Crippen LogP contribution in [-0.2, 0) is 0 Å². The molecule has 2 N–H and O–H groups in total. The van der Waals surface area contributed by atoms with Crippen molar-refractivity contribution in [1.29, 1.82) is 0 Å². The van der Waals surface area contributed by atoms with Crippen molar-refractivity contribution in [3.63, 3.8) is 0 Å². The Labute approximate surface area is 129 Å². The van der Waals surface area contributed by atoms with E-state index in [2.05, 4.69) is 0 Å². The van der Waals surface area contributed by atoms with Gasteiger partial charge in [0.05, 0.1) is 0 Å². The monoisotopic (exact) mass is 312 g/mol. The summed E-state index contributed by atoms with van der Waals surface area (Å²) in [6, 6.07) is 5.31. The van der Waals surface area contributed by atoms with E-state index in [1.165, 1.54) is 0 Å². The first kappa shape index (κ1) is 14.2. The van der Waals surface area contributed by atoms with Crippen LogP contribution in [-0.4, -0.2) is 29.9 Å². The van der Waals surface area contributed by atoms with Gasteiger partial charge in [0.25, 0.3) is 5.91 Å². The molecular formula is C15H18Cl2N2O. The number of fused-ring (bicyclic) bond motifs is 1. The van der Waals surface area contributed by atoms with Gasteiger partial charge < -0.3 is 10.6 Å². The number of halogens is 2. The molecule has 20 heavy (non-hydrogen) atoms. The van der Waals surface area contributed by atoms with E-state index < -0.39 is 0 Å². The van der Waals surface area contributed by atoms with E-state index >= 15 is 0 Å². The van der Waals surface area contributed by atoms with E-state index in [0.29, 0.717) is 33.5 Å². The third kappa shape index (κ3) is 2.80. The summed E-state index contributed by atoms with van der Waals surface area (Å²) >= 11 is 11.9. The topological polar surface area (TPSA) is 46.3 Å². The highest BCUT2D eigenvalue weighted by Gasteiger charge is 2.38. The van der Waals surface area contributed by atoms with Crippen LogP contribution in [0, 0.1) is 11.8 Å². The highest BCUT2D eigenvalue weighted by Crippen LogP contribution is 2.36. The van der Waals surface area contributed by atoms with Gasteiger partial charge in [0.2, 0.25) is 0 Å². The minimum absolute atomic E-state index is 0.0253. The molecule has 2 aliphatic rings. The van der Waals surface area contributed by atoms with Crippen molar-refractivity contribution in [3.8, 4) is 0 Å². The molecule has 1 aliphatic heterocycles. The second-order valence-electron chi connectivity index (χ2n) is 5.96. The van der Waals surface area contributed by atoms with Crippen molar-refractivity contribution in [3.05, 3.63) is 33.8 Å². The predicted molar refractivity (Wildman–Crippen MR) is 81.2 cm³/mol. The fraction of sp³-hybridized carbons (Fsp3) is 0.533. The zero-order chi connectivity index (χ0) is 14.3. The summed E-state index contributed by atoms with van der Waals surface area (Å²) in [6.45, 7) is 1.64. The molecule has 0 bridgehead atoms. The van der Waals surface area contributed by atoms with Crippen LogP contribution in [0.5, 0.6) is 0 Å². The van der Waals surface area contributed by atoms with Crippen LogP contribution >= 0.6 is 23.2 Å². The van der Waals surface area contributed by atoms with Crippen LogP contribution in [0.4, 0.5) is 0 Å². The summed E-state index contributed by atoms with van der Waals surface area (Å²) in [5.41, 5.74) is 6.60. The zero-order valence-electron chi connectivity index (χ0n) is 11.2. The molecule has 1 saturated heterocycles. The molecule has 1 unspecified atom stereocenters. The lowest BCUT2D eigenvalue weighted by molar-refractivity contribution is 0.0784. The molecule has 1 saturated carbocycles. The average Bonchev–Trinajstić information content (AvgIpc) is 2.79. The molecule has 1 amide bonds. The lowest BCUT2D eigenvalue weighted by Crippen LogP contribution is -2.32. The third-order valence-electron chi connectivity index (χ3n) is 4.49. The Morgan fingerprint density at radius 1 is 1.10 bits per heavy atom. The predicted octanol–water partition coefficient (Wildman–Crippen LogP) is 3.19. The molecular weight excluding hydrogens is 295 g/mol. The summed E-state index contributed by atoms with van der Waals surface area (Å²) in [6.07, 6.45) is 3.24. The van der Waals surface area contributed by atoms with Crippen molar-refractivity contribution in [1.82, 2.24) is 4.90 Å². The standard InChI is InChI=1S/C15H18Cl2N2O/c16-12-3-10(4-13(17)6-12)15(20)19-7-9-1-2-14(18)5-11(9)8-19/h3-4,6,9,11,14H,1-2,5,7-8,18H2/t9-,11+,14?/m1/s1. The third-order valence-corrected chi connectivity index (χ3v) is 4.92. The molecule has 5 heteroatoms. The number of hydrogen-bond acceptors (Lipinski definition) is 2. The molecule has 3 nitrogen and oxygen atoms in total. The largest absolute Gasteiger partial charge is 0.338 e. The number of nitrogens with two attached hydrogens (primary N) is 1. The van der Waals surface area contributed by atoms with Crippen molar-refractivity contribution in [2.45, 2.75) is 25.3 Å². The summed E-state index contributed by atoms with van der Waals surface area (Å²) in [7, 11) is 0. The molecule has 108 valence electrons. The molecule has 1 aromatic rings. The maximum atomic E-state index is 12.6.